The zero-order valence-corrected chi connectivity index (χ0v) is 10.4. The standard InChI is InChI=1S/C13H17N3O/c1-4-17-13(9-10(2)3)16-12-8-6-5-7-11(12)14-15-16/h5-9,13H,4H2,1-3H3. The van der Waals surface area contributed by atoms with E-state index in [1.165, 1.54) is 5.57 Å². The highest BCUT2D eigenvalue weighted by Crippen LogP contribution is 2.18. The minimum atomic E-state index is -0.183. The van der Waals surface area contributed by atoms with E-state index in [0.29, 0.717) is 6.61 Å². The average Bonchev–Trinajstić information content (AvgIpc) is 2.71. The Hall–Kier alpha value is -1.68. The Kier molecular flexibility index (Phi) is 3.54. The molecule has 1 aromatic carbocycles. The van der Waals surface area contributed by atoms with Crippen LogP contribution < -0.4 is 0 Å². The SMILES string of the molecule is CCOC(C=C(C)C)n1nnc2ccccc21. The first kappa shape index (κ1) is 11.8. The van der Waals surface area contributed by atoms with E-state index in [9.17, 15) is 0 Å². The fourth-order valence-electron chi connectivity index (χ4n) is 1.72. The molecular weight excluding hydrogens is 214 g/mol. The van der Waals surface area contributed by atoms with Gasteiger partial charge in [-0.2, -0.15) is 0 Å². The molecule has 1 aromatic heterocycles. The van der Waals surface area contributed by atoms with Crippen molar-refractivity contribution in [3.8, 4) is 0 Å². The van der Waals surface area contributed by atoms with Gasteiger partial charge in [0.2, 0.25) is 0 Å². The van der Waals surface area contributed by atoms with Crippen LogP contribution in [0.25, 0.3) is 11.0 Å². The van der Waals surface area contributed by atoms with Crippen LogP contribution in [0.2, 0.25) is 0 Å². The largest absolute Gasteiger partial charge is 0.353 e. The van der Waals surface area contributed by atoms with Gasteiger partial charge >= 0.3 is 0 Å². The van der Waals surface area contributed by atoms with E-state index in [0.717, 1.165) is 11.0 Å². The molecule has 0 bridgehead atoms. The van der Waals surface area contributed by atoms with Crippen LogP contribution >= 0.6 is 0 Å². The molecule has 0 aliphatic carbocycles. The number of rotatable bonds is 4. The number of para-hydroxylation sites is 1. The quantitative estimate of drug-likeness (QED) is 0.759. The molecule has 0 aliphatic rings. The molecule has 1 atom stereocenters. The molecule has 0 amide bonds. The van der Waals surface area contributed by atoms with Crippen LogP contribution in [0, 0.1) is 0 Å². The third-order valence-electron chi connectivity index (χ3n) is 2.43. The van der Waals surface area contributed by atoms with E-state index >= 15 is 0 Å². The number of benzene rings is 1. The Balaban J connectivity index is 2.45. The molecule has 2 aromatic rings. The molecule has 0 radical (unpaired) electrons. The number of fused-ring (bicyclic) bond motifs is 1. The van der Waals surface area contributed by atoms with E-state index in [4.69, 9.17) is 4.74 Å². The summed E-state index contributed by atoms with van der Waals surface area (Å²) in [7, 11) is 0. The summed E-state index contributed by atoms with van der Waals surface area (Å²) in [6, 6.07) is 7.89. The predicted molar refractivity (Wildman–Crippen MR) is 67.6 cm³/mol. The molecule has 0 aliphatic heterocycles. The van der Waals surface area contributed by atoms with Crippen LogP contribution in [-0.4, -0.2) is 21.6 Å². The minimum Gasteiger partial charge on any atom is -0.353 e. The third-order valence-corrected chi connectivity index (χ3v) is 2.43. The second-order valence-corrected chi connectivity index (χ2v) is 4.11. The minimum absolute atomic E-state index is 0.183. The molecular formula is C13H17N3O. The monoisotopic (exact) mass is 231 g/mol. The van der Waals surface area contributed by atoms with Crippen molar-refractivity contribution in [2.24, 2.45) is 0 Å². The topological polar surface area (TPSA) is 39.9 Å². The highest BCUT2D eigenvalue weighted by atomic mass is 16.5. The average molecular weight is 231 g/mol. The Morgan fingerprint density at radius 2 is 2.18 bits per heavy atom. The fraction of sp³-hybridized carbons (Fsp3) is 0.385. The van der Waals surface area contributed by atoms with Gasteiger partial charge in [-0.25, -0.2) is 4.68 Å². The van der Waals surface area contributed by atoms with E-state index in [1.807, 2.05) is 55.8 Å². The molecule has 4 heteroatoms. The second kappa shape index (κ2) is 5.10. The smallest absolute Gasteiger partial charge is 0.171 e. The zero-order chi connectivity index (χ0) is 12.3. The van der Waals surface area contributed by atoms with Crippen LogP contribution in [0.1, 0.15) is 27.0 Å². The van der Waals surface area contributed by atoms with Gasteiger partial charge in [0.05, 0.1) is 5.52 Å². The van der Waals surface area contributed by atoms with Gasteiger partial charge in [-0.3, -0.25) is 0 Å². The van der Waals surface area contributed by atoms with Crippen molar-refractivity contribution in [2.75, 3.05) is 6.61 Å². The molecule has 17 heavy (non-hydrogen) atoms. The lowest BCUT2D eigenvalue weighted by Gasteiger charge is -2.14. The van der Waals surface area contributed by atoms with Gasteiger partial charge in [0.25, 0.3) is 0 Å². The summed E-state index contributed by atoms with van der Waals surface area (Å²) >= 11 is 0. The first-order valence-electron chi connectivity index (χ1n) is 5.79. The lowest BCUT2D eigenvalue weighted by molar-refractivity contribution is 0.0393. The Labute approximate surface area is 101 Å². The number of ether oxygens (including phenoxy) is 1. The van der Waals surface area contributed by atoms with Crippen LogP contribution in [0.3, 0.4) is 0 Å². The summed E-state index contributed by atoms with van der Waals surface area (Å²) in [6.07, 6.45) is 1.86. The maximum absolute atomic E-state index is 5.69. The molecule has 0 N–H and O–H groups in total. The van der Waals surface area contributed by atoms with Gasteiger partial charge in [0.1, 0.15) is 5.52 Å². The summed E-state index contributed by atoms with van der Waals surface area (Å²) in [5, 5.41) is 8.30. The summed E-state index contributed by atoms with van der Waals surface area (Å²) in [5.41, 5.74) is 3.07. The van der Waals surface area contributed by atoms with E-state index < -0.39 is 0 Å². The fourth-order valence-corrected chi connectivity index (χ4v) is 1.72. The molecule has 0 fully saturated rings. The van der Waals surface area contributed by atoms with Crippen molar-refractivity contribution < 1.29 is 4.74 Å². The molecule has 90 valence electrons. The number of allylic oxidation sites excluding steroid dienone is 1. The number of aromatic nitrogens is 3. The normalized spacial score (nSPS) is 12.6. The van der Waals surface area contributed by atoms with Crippen molar-refractivity contribution in [3.63, 3.8) is 0 Å². The van der Waals surface area contributed by atoms with Crippen molar-refractivity contribution in [3.05, 3.63) is 35.9 Å². The first-order chi connectivity index (χ1) is 8.22. The zero-order valence-electron chi connectivity index (χ0n) is 10.4. The highest BCUT2D eigenvalue weighted by molar-refractivity contribution is 5.73. The van der Waals surface area contributed by atoms with Gasteiger partial charge in [0.15, 0.2) is 6.23 Å². The molecule has 1 unspecified atom stereocenters. The van der Waals surface area contributed by atoms with Gasteiger partial charge in [-0.05, 0) is 39.0 Å². The molecule has 1 heterocycles. The lowest BCUT2D eigenvalue weighted by atomic mass is 10.3. The van der Waals surface area contributed by atoms with Gasteiger partial charge in [-0.15, -0.1) is 5.10 Å². The van der Waals surface area contributed by atoms with E-state index in [2.05, 4.69) is 10.3 Å². The highest BCUT2D eigenvalue weighted by Gasteiger charge is 2.12. The lowest BCUT2D eigenvalue weighted by Crippen LogP contribution is -2.12. The maximum Gasteiger partial charge on any atom is 0.171 e. The van der Waals surface area contributed by atoms with Crippen molar-refractivity contribution in [2.45, 2.75) is 27.0 Å². The van der Waals surface area contributed by atoms with Crippen LogP contribution in [0.5, 0.6) is 0 Å². The van der Waals surface area contributed by atoms with Gasteiger partial charge in [-0.1, -0.05) is 22.9 Å². The molecule has 0 saturated carbocycles. The van der Waals surface area contributed by atoms with Crippen LogP contribution in [0.15, 0.2) is 35.9 Å². The van der Waals surface area contributed by atoms with Crippen molar-refractivity contribution in [1.29, 1.82) is 0 Å². The maximum atomic E-state index is 5.69. The first-order valence-corrected chi connectivity index (χ1v) is 5.79. The van der Waals surface area contributed by atoms with Gasteiger partial charge < -0.3 is 4.74 Å². The van der Waals surface area contributed by atoms with Crippen molar-refractivity contribution >= 4 is 11.0 Å². The third kappa shape index (κ3) is 2.53. The van der Waals surface area contributed by atoms with E-state index in [-0.39, 0.29) is 6.23 Å². The van der Waals surface area contributed by atoms with Crippen LogP contribution in [0.4, 0.5) is 0 Å². The number of hydrogen-bond donors (Lipinski definition) is 0. The molecule has 0 spiro atoms. The summed E-state index contributed by atoms with van der Waals surface area (Å²) in [5.74, 6) is 0. The van der Waals surface area contributed by atoms with E-state index in [1.54, 1.807) is 0 Å². The second-order valence-electron chi connectivity index (χ2n) is 4.11. The van der Waals surface area contributed by atoms with Gasteiger partial charge in [0, 0.05) is 6.61 Å². The molecule has 0 saturated heterocycles. The number of nitrogens with zero attached hydrogens (tertiary/aromatic N) is 3. The predicted octanol–water partition coefficient (Wildman–Crippen LogP) is 2.93. The number of hydrogen-bond acceptors (Lipinski definition) is 3. The van der Waals surface area contributed by atoms with Crippen molar-refractivity contribution in [1.82, 2.24) is 15.0 Å². The summed E-state index contributed by atoms with van der Waals surface area (Å²) < 4.78 is 7.50. The molecule has 4 nitrogen and oxygen atoms in total. The Bertz CT molecular complexity index is 526. The Morgan fingerprint density at radius 3 is 2.88 bits per heavy atom. The molecule has 2 rings (SSSR count). The summed E-state index contributed by atoms with van der Waals surface area (Å²) in [4.78, 5) is 0. The summed E-state index contributed by atoms with van der Waals surface area (Å²) in [6.45, 7) is 6.71. The Morgan fingerprint density at radius 1 is 1.41 bits per heavy atom. The van der Waals surface area contributed by atoms with Crippen LogP contribution in [-0.2, 0) is 4.74 Å².